The van der Waals surface area contributed by atoms with E-state index in [1.165, 1.54) is 81.4 Å². The first-order valence-corrected chi connectivity index (χ1v) is 20.8. The first-order valence-electron chi connectivity index (χ1n) is 20.0. The second kappa shape index (κ2) is 13.6. The van der Waals surface area contributed by atoms with Crippen LogP contribution in [-0.2, 0) is 5.41 Å². The third-order valence-corrected chi connectivity index (χ3v) is 13.2. The van der Waals surface area contributed by atoms with Crippen LogP contribution in [0, 0.1) is 0 Å². The van der Waals surface area contributed by atoms with Crippen molar-refractivity contribution >= 4 is 76.4 Å². The minimum Gasteiger partial charge on any atom is -0.310 e. The fourth-order valence-corrected chi connectivity index (χ4v) is 10.6. The van der Waals surface area contributed by atoms with Crippen LogP contribution in [0.1, 0.15) is 25.0 Å². The Morgan fingerprint density at radius 3 is 1.86 bits per heavy atom. The minimum atomic E-state index is -0.302. The highest BCUT2D eigenvalue weighted by atomic mass is 32.1. The lowest BCUT2D eigenvalue weighted by Gasteiger charge is -2.44. The summed E-state index contributed by atoms with van der Waals surface area (Å²) >= 11 is 1.89. The smallest absolute Gasteiger partial charge is 0.0619 e. The van der Waals surface area contributed by atoms with Gasteiger partial charge in [-0.25, -0.2) is 0 Å². The van der Waals surface area contributed by atoms with Gasteiger partial charge in [0.1, 0.15) is 0 Å². The van der Waals surface area contributed by atoms with E-state index >= 15 is 0 Å². The fourth-order valence-electron chi connectivity index (χ4n) is 9.41. The Labute approximate surface area is 343 Å². The second-order valence-corrected chi connectivity index (χ2v) is 16.7. The van der Waals surface area contributed by atoms with Gasteiger partial charge in [-0.3, -0.25) is 0 Å². The van der Waals surface area contributed by atoms with Crippen molar-refractivity contribution in [3.63, 3.8) is 0 Å². The zero-order valence-electron chi connectivity index (χ0n) is 32.4. The number of hydrogen-bond acceptors (Lipinski definition) is 3. The molecule has 0 fully saturated rings. The lowest BCUT2D eigenvalue weighted by atomic mass is 9.70. The quantitative estimate of drug-likeness (QED) is 0.167. The van der Waals surface area contributed by atoms with E-state index in [1.54, 1.807) is 0 Å². The summed E-state index contributed by atoms with van der Waals surface area (Å²) in [5.74, 6) is 0. The van der Waals surface area contributed by atoms with Gasteiger partial charge in [0, 0.05) is 59.2 Å². The molecule has 11 rings (SSSR count). The van der Waals surface area contributed by atoms with Gasteiger partial charge < -0.3 is 9.80 Å². The predicted molar refractivity (Wildman–Crippen MR) is 249 cm³/mol. The minimum absolute atomic E-state index is 0.302. The van der Waals surface area contributed by atoms with Gasteiger partial charge >= 0.3 is 0 Å². The molecule has 9 aromatic carbocycles. The van der Waals surface area contributed by atoms with Gasteiger partial charge in [0.05, 0.1) is 17.1 Å². The van der Waals surface area contributed by atoms with E-state index in [9.17, 15) is 0 Å². The number of thiophene rings is 1. The summed E-state index contributed by atoms with van der Waals surface area (Å²) < 4.78 is 2.63. The number of anilines is 6. The van der Waals surface area contributed by atoms with Gasteiger partial charge in [-0.15, -0.1) is 11.3 Å². The molecule has 1 aliphatic heterocycles. The van der Waals surface area contributed by atoms with Crippen LogP contribution in [0.25, 0.3) is 53.2 Å². The lowest BCUT2D eigenvalue weighted by Crippen LogP contribution is -2.31. The van der Waals surface area contributed by atoms with Crippen molar-refractivity contribution in [2.24, 2.45) is 0 Å². The molecule has 0 saturated heterocycles. The molecule has 0 amide bonds. The van der Waals surface area contributed by atoms with Crippen LogP contribution < -0.4 is 9.80 Å². The van der Waals surface area contributed by atoms with Crippen LogP contribution in [0.15, 0.2) is 206 Å². The van der Waals surface area contributed by atoms with Crippen LogP contribution in [0.3, 0.4) is 0 Å². The molecule has 0 N–H and O–H groups in total. The molecular formula is C55H40N2S. The summed E-state index contributed by atoms with van der Waals surface area (Å²) in [5.41, 5.74) is 14.2. The molecule has 0 bridgehead atoms. The zero-order valence-corrected chi connectivity index (χ0v) is 33.2. The summed E-state index contributed by atoms with van der Waals surface area (Å²) in [6, 6.07) is 75.6. The number of nitrogens with zero attached hydrogens (tertiary/aromatic N) is 2. The number of para-hydroxylation sites is 3. The molecule has 276 valence electrons. The van der Waals surface area contributed by atoms with Crippen molar-refractivity contribution in [1.29, 1.82) is 0 Å². The van der Waals surface area contributed by atoms with Gasteiger partial charge in [-0.1, -0.05) is 166 Å². The van der Waals surface area contributed by atoms with Gasteiger partial charge in [0.25, 0.3) is 0 Å². The summed E-state index contributed by atoms with van der Waals surface area (Å²) in [6.45, 7) is 4.80. The number of fused-ring (bicyclic) bond motifs is 6. The number of benzene rings is 9. The third-order valence-electron chi connectivity index (χ3n) is 12.0. The van der Waals surface area contributed by atoms with Gasteiger partial charge in [-0.05, 0) is 82.2 Å². The molecule has 10 aromatic rings. The lowest BCUT2D eigenvalue weighted by molar-refractivity contribution is 0.634. The van der Waals surface area contributed by atoms with E-state index in [4.69, 9.17) is 0 Å². The summed E-state index contributed by atoms with van der Waals surface area (Å²) in [7, 11) is 0. The number of hydrogen-bond donors (Lipinski definition) is 0. The molecule has 1 aromatic heterocycles. The van der Waals surface area contributed by atoms with E-state index in [1.807, 2.05) is 11.3 Å². The van der Waals surface area contributed by atoms with E-state index < -0.39 is 0 Å². The Balaban J connectivity index is 1.17. The van der Waals surface area contributed by atoms with Crippen LogP contribution >= 0.6 is 11.3 Å². The monoisotopic (exact) mass is 760 g/mol. The molecule has 3 heteroatoms. The van der Waals surface area contributed by atoms with E-state index in [0.29, 0.717) is 0 Å². The van der Waals surface area contributed by atoms with E-state index in [0.717, 1.165) is 17.1 Å². The van der Waals surface area contributed by atoms with E-state index in [2.05, 4.69) is 230 Å². The van der Waals surface area contributed by atoms with Crippen molar-refractivity contribution in [2.45, 2.75) is 19.3 Å². The SMILES string of the molecule is CC1(C)c2ccccc2N(c2c(-c3cccc4c3sc3ccccc34)ccc3ccccc23)c2cccc(-c3cccc(N(c4ccccc4)c4ccccc4)c3)c21. The molecule has 0 saturated carbocycles. The molecule has 58 heavy (non-hydrogen) atoms. The van der Waals surface area contributed by atoms with Gasteiger partial charge in [0.2, 0.25) is 0 Å². The third kappa shape index (κ3) is 5.39. The molecular weight excluding hydrogens is 721 g/mol. The maximum absolute atomic E-state index is 2.58. The Morgan fingerprint density at radius 1 is 0.448 bits per heavy atom. The Kier molecular flexibility index (Phi) is 8.06. The van der Waals surface area contributed by atoms with Crippen molar-refractivity contribution in [2.75, 3.05) is 9.80 Å². The first-order chi connectivity index (χ1) is 28.6. The standard InChI is InChI=1S/C55H40N2S/c1-55(2)48-30-12-13-31-49(48)57(53-43-25-10-9-18-37(43)34-35-45(53)47-29-16-28-46-44-26-11-14-33-51(44)58-54(46)47)50-32-17-27-42(52(50)55)38-19-15-24-41(36-38)56(39-20-5-3-6-21-39)40-22-7-4-8-23-40/h3-36H,1-2H3. The van der Waals surface area contributed by atoms with Gasteiger partial charge in [-0.2, -0.15) is 0 Å². The normalized spacial score (nSPS) is 13.1. The maximum atomic E-state index is 2.58. The molecule has 0 aliphatic carbocycles. The van der Waals surface area contributed by atoms with Crippen LogP contribution in [0.4, 0.5) is 34.1 Å². The predicted octanol–water partition coefficient (Wildman–Crippen LogP) is 16.1. The highest BCUT2D eigenvalue weighted by Gasteiger charge is 2.40. The fraction of sp³-hybridized carbons (Fsp3) is 0.0545. The molecule has 2 heterocycles. The average Bonchev–Trinajstić information content (AvgIpc) is 3.66. The first kappa shape index (κ1) is 34.3. The summed E-state index contributed by atoms with van der Waals surface area (Å²) in [5, 5.41) is 5.07. The van der Waals surface area contributed by atoms with Crippen LogP contribution in [0.2, 0.25) is 0 Å². The molecule has 0 spiro atoms. The molecule has 0 radical (unpaired) electrons. The van der Waals surface area contributed by atoms with E-state index in [-0.39, 0.29) is 5.41 Å². The average molecular weight is 761 g/mol. The topological polar surface area (TPSA) is 6.48 Å². The molecule has 2 nitrogen and oxygen atoms in total. The molecule has 0 unspecified atom stereocenters. The van der Waals surface area contributed by atoms with Crippen LogP contribution in [-0.4, -0.2) is 0 Å². The van der Waals surface area contributed by atoms with Crippen molar-refractivity contribution in [1.82, 2.24) is 0 Å². The number of rotatable bonds is 6. The molecule has 0 atom stereocenters. The largest absolute Gasteiger partial charge is 0.310 e. The van der Waals surface area contributed by atoms with Crippen molar-refractivity contribution in [3.8, 4) is 22.3 Å². The van der Waals surface area contributed by atoms with Crippen LogP contribution in [0.5, 0.6) is 0 Å². The Hall–Kier alpha value is -6.94. The Bertz CT molecular complexity index is 3120. The summed E-state index contributed by atoms with van der Waals surface area (Å²) in [6.07, 6.45) is 0. The van der Waals surface area contributed by atoms with Crippen molar-refractivity contribution in [3.05, 3.63) is 217 Å². The highest BCUT2D eigenvalue weighted by molar-refractivity contribution is 7.26. The van der Waals surface area contributed by atoms with Crippen molar-refractivity contribution < 1.29 is 0 Å². The zero-order chi connectivity index (χ0) is 38.8. The second-order valence-electron chi connectivity index (χ2n) is 15.7. The van der Waals surface area contributed by atoms with Gasteiger partial charge in [0.15, 0.2) is 0 Å². The summed E-state index contributed by atoms with van der Waals surface area (Å²) in [4.78, 5) is 4.93. The highest BCUT2D eigenvalue weighted by Crippen LogP contribution is 2.58. The Morgan fingerprint density at radius 2 is 1.05 bits per heavy atom. The maximum Gasteiger partial charge on any atom is 0.0619 e. The molecule has 1 aliphatic rings.